The molecule has 0 radical (unpaired) electrons. The number of piperidine rings is 1. The largest absolute Gasteiger partial charge is 0.394 e. The standard InChI is InChI=1S/C10H20N2O/c11-10(8-13)5-2-6-12(7-10)9-3-1-4-9/h9,13H,1-8,11H2. The first-order valence-electron chi connectivity index (χ1n) is 5.37. The zero-order valence-electron chi connectivity index (χ0n) is 8.21. The maximum Gasteiger partial charge on any atom is 0.0623 e. The van der Waals surface area contributed by atoms with Gasteiger partial charge in [-0.2, -0.15) is 0 Å². The van der Waals surface area contributed by atoms with Crippen LogP contribution in [-0.2, 0) is 0 Å². The van der Waals surface area contributed by atoms with Gasteiger partial charge in [-0.05, 0) is 32.2 Å². The van der Waals surface area contributed by atoms with E-state index in [-0.39, 0.29) is 12.1 Å². The summed E-state index contributed by atoms with van der Waals surface area (Å²) in [5, 5.41) is 9.19. The average Bonchev–Trinajstić information content (AvgIpc) is 2.01. The molecule has 0 spiro atoms. The van der Waals surface area contributed by atoms with E-state index in [1.807, 2.05) is 0 Å². The van der Waals surface area contributed by atoms with Gasteiger partial charge in [-0.15, -0.1) is 0 Å². The van der Waals surface area contributed by atoms with E-state index in [1.54, 1.807) is 0 Å². The van der Waals surface area contributed by atoms with E-state index in [2.05, 4.69) is 4.90 Å². The third kappa shape index (κ3) is 1.87. The highest BCUT2D eigenvalue weighted by Gasteiger charge is 2.35. The summed E-state index contributed by atoms with van der Waals surface area (Å²) in [5.41, 5.74) is 5.76. The minimum Gasteiger partial charge on any atom is -0.394 e. The van der Waals surface area contributed by atoms with Crippen LogP contribution in [0.2, 0.25) is 0 Å². The second-order valence-corrected chi connectivity index (χ2v) is 4.68. The van der Waals surface area contributed by atoms with Gasteiger partial charge < -0.3 is 10.8 Å². The molecule has 13 heavy (non-hydrogen) atoms. The first-order chi connectivity index (χ1) is 6.23. The Morgan fingerprint density at radius 2 is 2.15 bits per heavy atom. The molecule has 3 N–H and O–H groups in total. The zero-order valence-corrected chi connectivity index (χ0v) is 8.21. The van der Waals surface area contributed by atoms with Crippen LogP contribution < -0.4 is 5.73 Å². The number of nitrogens with zero attached hydrogens (tertiary/aromatic N) is 1. The van der Waals surface area contributed by atoms with Crippen molar-refractivity contribution in [2.75, 3.05) is 19.7 Å². The maximum atomic E-state index is 9.19. The number of hydrogen-bond donors (Lipinski definition) is 2. The van der Waals surface area contributed by atoms with Crippen molar-refractivity contribution in [3.63, 3.8) is 0 Å². The van der Waals surface area contributed by atoms with E-state index >= 15 is 0 Å². The fraction of sp³-hybridized carbons (Fsp3) is 1.00. The number of likely N-dealkylation sites (tertiary alicyclic amines) is 1. The van der Waals surface area contributed by atoms with Crippen LogP contribution in [0.5, 0.6) is 0 Å². The predicted molar refractivity (Wildman–Crippen MR) is 52.5 cm³/mol. The van der Waals surface area contributed by atoms with Crippen LogP contribution in [0.3, 0.4) is 0 Å². The molecule has 2 aliphatic rings. The van der Waals surface area contributed by atoms with Crippen molar-refractivity contribution in [1.29, 1.82) is 0 Å². The van der Waals surface area contributed by atoms with Gasteiger partial charge in [0.2, 0.25) is 0 Å². The summed E-state index contributed by atoms with van der Waals surface area (Å²) in [5.74, 6) is 0. The van der Waals surface area contributed by atoms with Gasteiger partial charge in [0.05, 0.1) is 12.1 Å². The minimum absolute atomic E-state index is 0.135. The van der Waals surface area contributed by atoms with Crippen molar-refractivity contribution >= 4 is 0 Å². The van der Waals surface area contributed by atoms with Crippen LogP contribution in [0, 0.1) is 0 Å². The van der Waals surface area contributed by atoms with Gasteiger partial charge in [0.15, 0.2) is 0 Å². The molecule has 0 aromatic rings. The van der Waals surface area contributed by atoms with Crippen molar-refractivity contribution in [3.05, 3.63) is 0 Å². The van der Waals surface area contributed by atoms with Gasteiger partial charge in [0.1, 0.15) is 0 Å². The van der Waals surface area contributed by atoms with E-state index < -0.39 is 0 Å². The van der Waals surface area contributed by atoms with E-state index in [0.717, 1.165) is 25.4 Å². The molecular weight excluding hydrogens is 164 g/mol. The molecule has 76 valence electrons. The smallest absolute Gasteiger partial charge is 0.0623 e. The summed E-state index contributed by atoms with van der Waals surface area (Å²) in [4.78, 5) is 2.48. The van der Waals surface area contributed by atoms with Crippen molar-refractivity contribution in [1.82, 2.24) is 4.90 Å². The normalized spacial score (nSPS) is 37.4. The Morgan fingerprint density at radius 3 is 2.69 bits per heavy atom. The summed E-state index contributed by atoms with van der Waals surface area (Å²) in [6, 6.07) is 0.773. The van der Waals surface area contributed by atoms with Crippen molar-refractivity contribution in [2.45, 2.75) is 43.7 Å². The molecule has 3 nitrogen and oxygen atoms in total. The fourth-order valence-electron chi connectivity index (χ4n) is 2.39. The van der Waals surface area contributed by atoms with Gasteiger partial charge in [-0.3, -0.25) is 4.90 Å². The van der Waals surface area contributed by atoms with Crippen molar-refractivity contribution < 1.29 is 5.11 Å². The lowest BCUT2D eigenvalue weighted by atomic mass is 9.85. The lowest BCUT2D eigenvalue weighted by molar-refractivity contribution is 0.0400. The van der Waals surface area contributed by atoms with Crippen LogP contribution in [0.15, 0.2) is 0 Å². The molecule has 0 aromatic carbocycles. The first kappa shape index (κ1) is 9.44. The molecule has 2 fully saturated rings. The number of aliphatic hydroxyl groups is 1. The number of hydrogen-bond acceptors (Lipinski definition) is 3. The second kappa shape index (κ2) is 3.56. The van der Waals surface area contributed by atoms with Crippen LogP contribution >= 0.6 is 0 Å². The minimum atomic E-state index is -0.312. The molecule has 0 amide bonds. The van der Waals surface area contributed by atoms with Gasteiger partial charge in [0, 0.05) is 12.6 Å². The Morgan fingerprint density at radius 1 is 1.38 bits per heavy atom. The quantitative estimate of drug-likeness (QED) is 0.650. The third-order valence-corrected chi connectivity index (χ3v) is 3.54. The maximum absolute atomic E-state index is 9.19. The predicted octanol–water partition coefficient (Wildman–Crippen LogP) is 0.324. The Hall–Kier alpha value is -0.120. The van der Waals surface area contributed by atoms with E-state index in [0.29, 0.717) is 0 Å². The van der Waals surface area contributed by atoms with Crippen LogP contribution in [0.1, 0.15) is 32.1 Å². The Kier molecular flexibility index (Phi) is 2.58. The highest BCUT2D eigenvalue weighted by molar-refractivity contribution is 4.94. The van der Waals surface area contributed by atoms with Gasteiger partial charge >= 0.3 is 0 Å². The molecule has 0 bridgehead atoms. The third-order valence-electron chi connectivity index (χ3n) is 3.54. The average molecular weight is 184 g/mol. The fourth-order valence-corrected chi connectivity index (χ4v) is 2.39. The molecule has 1 unspecified atom stereocenters. The lowest BCUT2D eigenvalue weighted by Crippen LogP contribution is -2.59. The van der Waals surface area contributed by atoms with E-state index in [4.69, 9.17) is 5.73 Å². The number of rotatable bonds is 2. The topological polar surface area (TPSA) is 49.5 Å². The SMILES string of the molecule is NC1(CO)CCCN(C2CCC2)C1. The molecule has 1 aliphatic heterocycles. The summed E-state index contributed by atoms with van der Waals surface area (Å²) in [7, 11) is 0. The van der Waals surface area contributed by atoms with Crippen molar-refractivity contribution in [2.24, 2.45) is 5.73 Å². The van der Waals surface area contributed by atoms with Gasteiger partial charge in [-0.1, -0.05) is 6.42 Å². The molecule has 1 saturated carbocycles. The lowest BCUT2D eigenvalue weighted by Gasteiger charge is -2.46. The molecule has 2 rings (SSSR count). The summed E-state index contributed by atoms with van der Waals surface area (Å²) < 4.78 is 0. The van der Waals surface area contributed by atoms with Gasteiger partial charge in [0.25, 0.3) is 0 Å². The second-order valence-electron chi connectivity index (χ2n) is 4.68. The van der Waals surface area contributed by atoms with Crippen molar-refractivity contribution in [3.8, 4) is 0 Å². The molecule has 1 saturated heterocycles. The summed E-state index contributed by atoms with van der Waals surface area (Å²) >= 11 is 0. The summed E-state index contributed by atoms with van der Waals surface area (Å²) in [6.45, 7) is 2.22. The van der Waals surface area contributed by atoms with Crippen LogP contribution in [0.25, 0.3) is 0 Å². The van der Waals surface area contributed by atoms with E-state index in [1.165, 1.54) is 25.8 Å². The summed E-state index contributed by atoms with van der Waals surface area (Å²) in [6.07, 6.45) is 6.17. The van der Waals surface area contributed by atoms with Crippen LogP contribution in [-0.4, -0.2) is 41.3 Å². The highest BCUT2D eigenvalue weighted by atomic mass is 16.3. The number of nitrogens with two attached hydrogens (primary N) is 1. The Balaban J connectivity index is 1.91. The molecule has 1 heterocycles. The molecular formula is C10H20N2O. The highest BCUT2D eigenvalue weighted by Crippen LogP contribution is 2.29. The van der Waals surface area contributed by atoms with E-state index in [9.17, 15) is 5.11 Å². The molecule has 1 aliphatic carbocycles. The molecule has 0 aromatic heterocycles. The Bertz CT molecular complexity index is 182. The zero-order chi connectivity index (χ0) is 9.31. The molecule has 1 atom stereocenters. The first-order valence-corrected chi connectivity index (χ1v) is 5.37. The number of aliphatic hydroxyl groups excluding tert-OH is 1. The Labute approximate surface area is 79.9 Å². The molecule has 3 heteroatoms. The van der Waals surface area contributed by atoms with Crippen LogP contribution in [0.4, 0.5) is 0 Å². The monoisotopic (exact) mass is 184 g/mol. The van der Waals surface area contributed by atoms with Gasteiger partial charge in [-0.25, -0.2) is 0 Å².